The highest BCUT2D eigenvalue weighted by Gasteiger charge is 2.51. The lowest BCUT2D eigenvalue weighted by molar-refractivity contribution is -0.107. The third-order valence-corrected chi connectivity index (χ3v) is 12.3. The lowest BCUT2D eigenvalue weighted by Crippen LogP contribution is -2.41. The van der Waals surface area contributed by atoms with Crippen LogP contribution in [0.3, 0.4) is 0 Å². The summed E-state index contributed by atoms with van der Waals surface area (Å²) in [5.74, 6) is 2.30. The monoisotopic (exact) mass is 1020 g/mol. The molecule has 67 heavy (non-hydrogen) atoms. The number of hydrogen-bond acceptors (Lipinski definition) is 18. The number of carbonyl (C=O) groups is 2. The molecule has 2 saturated carbocycles. The predicted molar refractivity (Wildman–Crippen MR) is 266 cm³/mol. The fraction of sp³-hybridized carbons (Fsp3) is 0.565. The first-order chi connectivity index (χ1) is 31.1. The fourth-order valence-corrected chi connectivity index (χ4v) is 7.53. The molecule has 4 aromatic rings. The average Bonchev–Trinajstić information content (AvgIpc) is 3.50. The van der Waals surface area contributed by atoms with E-state index in [1.807, 2.05) is 39.8 Å². The minimum Gasteiger partial charge on any atom is -0.399 e. The second-order valence-corrected chi connectivity index (χ2v) is 19.7. The molecule has 8 N–H and O–H groups in total. The number of aromatic nitrogens is 6. The smallest absolute Gasteiger partial charge is 0.399 e. The normalized spacial score (nSPS) is 20.9. The SMILES string of the molecule is CC1(C)OB(c2ccc([13C]([13CH3])([13CH3])O)nc2)OC1(C)C.Cl.O=[13CH][13CH2]Nc1ncc(Br)nc1NC1CCC(O)CC1.[13CH3][13C]([13CH3])(O)c1ccc(-c2cnc(N[13CH2][13CH]=O)c(NC3CCC(O)CC3)n2)cn1. The third-order valence-electron chi connectivity index (χ3n) is 11.9. The van der Waals surface area contributed by atoms with E-state index in [1.54, 1.807) is 64.6 Å². The first kappa shape index (κ1) is 55.2. The van der Waals surface area contributed by atoms with Gasteiger partial charge in [-0.2, -0.15) is 0 Å². The Labute approximate surface area is 408 Å². The number of anilines is 4. The zero-order valence-electron chi connectivity index (χ0n) is 39.6. The molecular formula is C46H67BBrClN10O8. The van der Waals surface area contributed by atoms with E-state index in [1.165, 1.54) is 0 Å². The highest BCUT2D eigenvalue weighted by atomic mass is 79.9. The summed E-state index contributed by atoms with van der Waals surface area (Å²) in [5, 5.41) is 51.8. The van der Waals surface area contributed by atoms with Gasteiger partial charge in [0.25, 0.3) is 0 Å². The van der Waals surface area contributed by atoms with Crippen molar-refractivity contribution in [3.05, 3.63) is 65.0 Å². The van der Waals surface area contributed by atoms with Gasteiger partial charge in [0.15, 0.2) is 23.3 Å². The highest BCUT2D eigenvalue weighted by molar-refractivity contribution is 9.10. The molecule has 1 saturated heterocycles. The number of aliphatic hydroxyl groups is 4. The molecule has 21 heteroatoms. The molecule has 0 bridgehead atoms. The van der Waals surface area contributed by atoms with Crippen molar-refractivity contribution in [2.24, 2.45) is 0 Å². The van der Waals surface area contributed by atoms with Crippen LogP contribution in [0.1, 0.15) is 118 Å². The largest absolute Gasteiger partial charge is 0.496 e. The van der Waals surface area contributed by atoms with E-state index in [9.17, 15) is 30.0 Å². The molecule has 18 nitrogen and oxygen atoms in total. The van der Waals surface area contributed by atoms with Crippen molar-refractivity contribution in [2.45, 2.75) is 153 Å². The molecule has 3 aliphatic rings. The maximum Gasteiger partial charge on any atom is 0.496 e. The summed E-state index contributed by atoms with van der Waals surface area (Å²) in [6, 6.07) is 7.79. The van der Waals surface area contributed by atoms with Gasteiger partial charge >= 0.3 is 7.12 Å². The van der Waals surface area contributed by atoms with Crippen molar-refractivity contribution < 1.29 is 39.3 Å². The van der Waals surface area contributed by atoms with Crippen molar-refractivity contribution in [1.29, 1.82) is 0 Å². The Hall–Kier alpha value is -4.41. The Kier molecular flexibility index (Phi) is 20.0. The maximum absolute atomic E-state index is 10.7. The van der Waals surface area contributed by atoms with Crippen LogP contribution in [0.2, 0.25) is 0 Å². The number of aldehydes is 2. The molecule has 4 aromatic heterocycles. The van der Waals surface area contributed by atoms with Crippen LogP contribution in [-0.4, -0.2) is 119 Å². The van der Waals surface area contributed by atoms with Crippen LogP contribution in [0.5, 0.6) is 0 Å². The molecular weight excluding hydrogens is 957 g/mol. The summed E-state index contributed by atoms with van der Waals surface area (Å²) in [5.41, 5.74) is 0.847. The van der Waals surface area contributed by atoms with Crippen LogP contribution in [0.15, 0.2) is 53.7 Å². The number of carbonyl (C=O) groups excluding carboxylic acids is 2. The van der Waals surface area contributed by atoms with Crippen molar-refractivity contribution in [1.82, 2.24) is 29.9 Å². The molecule has 366 valence electrons. The molecule has 3 fully saturated rings. The van der Waals surface area contributed by atoms with Crippen LogP contribution in [0.4, 0.5) is 23.3 Å². The standard InChI is InChI=1S/C20H27N5O3.C14H22BNO3.C12H17BrN4O2.ClH/c1-20(2,28)17-8-3-13(11-22-17)16-12-23-18(21-9-10-26)19(25-16)24-14-4-6-15(27)7-5-14;1-12(2,17)11-8-7-10(9-16-11)15-18-13(3,4)14(5,6)19-15;13-10-7-15-11(14-5-6-18)12(17-10)16-8-1-3-9(19)4-2-8;/h3,8,10-12,14-15,27-28H,4-7,9H2,1-2H3,(H,21,23)(H,24,25);7-9,17H,1-6H3;6-9,19H,1-5H2,(H,14,15)(H,16,17);1H/i1+1,2+1,9+1,10+1,20+1;1+1,2+1,12+1;5+1,6+1;. The Morgan fingerprint density at radius 1 is 0.657 bits per heavy atom. The van der Waals surface area contributed by atoms with Gasteiger partial charge in [0.2, 0.25) is 0 Å². The number of halogens is 2. The molecule has 5 heterocycles. The van der Waals surface area contributed by atoms with E-state index in [2.05, 4.69) is 67.1 Å². The quantitative estimate of drug-likeness (QED) is 0.0429. The van der Waals surface area contributed by atoms with Gasteiger partial charge in [-0.3, -0.25) is 9.97 Å². The van der Waals surface area contributed by atoms with E-state index < -0.39 is 18.3 Å². The van der Waals surface area contributed by atoms with Gasteiger partial charge in [0.05, 0.1) is 66.0 Å². The molecule has 0 aromatic carbocycles. The molecule has 0 atom stereocenters. The second kappa shape index (κ2) is 24.2. The van der Waals surface area contributed by atoms with Gasteiger partial charge in [-0.1, -0.05) is 6.07 Å². The Morgan fingerprint density at radius 2 is 1.10 bits per heavy atom. The van der Waals surface area contributed by atoms with Gasteiger partial charge in [-0.05, 0) is 141 Å². The fourth-order valence-electron chi connectivity index (χ4n) is 7.25. The lowest BCUT2D eigenvalue weighted by atomic mass is 9.80. The summed E-state index contributed by atoms with van der Waals surface area (Å²) < 4.78 is 12.5. The molecule has 0 unspecified atom stereocenters. The van der Waals surface area contributed by atoms with Gasteiger partial charge in [-0.25, -0.2) is 19.9 Å². The summed E-state index contributed by atoms with van der Waals surface area (Å²) in [7, 11) is -0.409. The van der Waals surface area contributed by atoms with E-state index in [0.29, 0.717) is 45.0 Å². The lowest BCUT2D eigenvalue weighted by Gasteiger charge is -2.32. The average molecular weight is 1020 g/mol. The van der Waals surface area contributed by atoms with E-state index >= 15 is 0 Å². The minimum atomic E-state index is -1.01. The third kappa shape index (κ3) is 16.1. The highest BCUT2D eigenvalue weighted by Crippen LogP contribution is 2.36. The number of nitrogens with one attached hydrogen (secondary N) is 4. The first-order valence-electron chi connectivity index (χ1n) is 22.5. The number of nitrogens with zero attached hydrogens (tertiary/aromatic N) is 6. The Bertz CT molecular complexity index is 2170. The predicted octanol–water partition coefficient (Wildman–Crippen LogP) is 5.69. The van der Waals surface area contributed by atoms with Crippen molar-refractivity contribution in [3.63, 3.8) is 0 Å². The topological polar surface area (TPSA) is 259 Å². The summed E-state index contributed by atoms with van der Waals surface area (Å²) >= 11 is 3.29. The minimum absolute atomic E-state index is 0. The van der Waals surface area contributed by atoms with Crippen LogP contribution in [0.25, 0.3) is 11.3 Å². The van der Waals surface area contributed by atoms with E-state index in [0.717, 1.165) is 75.0 Å². The molecule has 0 radical (unpaired) electrons. The zero-order chi connectivity index (χ0) is 48.3. The van der Waals surface area contributed by atoms with E-state index in [-0.39, 0.29) is 61.0 Å². The van der Waals surface area contributed by atoms with Crippen LogP contribution >= 0.6 is 28.3 Å². The maximum atomic E-state index is 10.7. The number of pyridine rings is 2. The zero-order valence-corrected chi connectivity index (χ0v) is 42.0. The van der Waals surface area contributed by atoms with Gasteiger partial charge < -0.3 is 60.6 Å². The molecule has 7 rings (SSSR count). The van der Waals surface area contributed by atoms with Crippen LogP contribution in [0, 0.1) is 0 Å². The molecule has 0 amide bonds. The van der Waals surface area contributed by atoms with Crippen molar-refractivity contribution >= 4 is 76.8 Å². The Balaban J connectivity index is 0.000000224. The van der Waals surface area contributed by atoms with Crippen molar-refractivity contribution in [2.75, 3.05) is 34.4 Å². The van der Waals surface area contributed by atoms with Crippen LogP contribution in [-0.2, 0) is 30.1 Å². The molecule has 1 aliphatic heterocycles. The molecule has 0 spiro atoms. The number of aliphatic hydroxyl groups excluding tert-OH is 2. The number of hydrogen-bond donors (Lipinski definition) is 8. The Morgan fingerprint density at radius 3 is 1.52 bits per heavy atom. The summed E-state index contributed by atoms with van der Waals surface area (Å²) in [6.45, 7) is 15.2. The summed E-state index contributed by atoms with van der Waals surface area (Å²) in [4.78, 5) is 47.4. The van der Waals surface area contributed by atoms with Gasteiger partial charge in [0.1, 0.15) is 28.4 Å². The first-order valence-corrected chi connectivity index (χ1v) is 23.2. The number of rotatable bonds is 14. The van der Waals surface area contributed by atoms with Crippen LogP contribution < -0.4 is 26.7 Å². The van der Waals surface area contributed by atoms with Crippen molar-refractivity contribution in [3.8, 4) is 11.3 Å². The van der Waals surface area contributed by atoms with E-state index in [4.69, 9.17) is 9.31 Å². The van der Waals surface area contributed by atoms with Gasteiger partial charge in [-0.15, -0.1) is 12.4 Å². The van der Waals surface area contributed by atoms with Gasteiger partial charge in [0, 0.05) is 35.5 Å². The molecule has 2 aliphatic carbocycles. The summed E-state index contributed by atoms with van der Waals surface area (Å²) in [6.07, 6.45) is 14.3. The second-order valence-electron chi connectivity index (χ2n) is 18.9.